The van der Waals surface area contributed by atoms with Gasteiger partial charge in [0.2, 0.25) is 0 Å². The van der Waals surface area contributed by atoms with Crippen molar-refractivity contribution in [3.05, 3.63) is 94.1 Å². The Morgan fingerprint density at radius 1 is 0.586 bits per heavy atom. The number of rotatable bonds is 0. The summed E-state index contributed by atoms with van der Waals surface area (Å²) in [6, 6.07) is 17.9. The Balaban J connectivity index is 1.65. The van der Waals surface area contributed by atoms with Crippen LogP contribution in [0.25, 0.3) is 23.3 Å². The van der Waals surface area contributed by atoms with E-state index in [-0.39, 0.29) is 16.2 Å². The second-order valence-corrected chi connectivity index (χ2v) is 10.8. The summed E-state index contributed by atoms with van der Waals surface area (Å²) in [5, 5.41) is 0. The fourth-order valence-corrected chi connectivity index (χ4v) is 6.62. The molecule has 0 heterocycles. The summed E-state index contributed by atoms with van der Waals surface area (Å²) in [5.41, 5.74) is 12.1. The van der Waals surface area contributed by atoms with E-state index < -0.39 is 0 Å². The zero-order chi connectivity index (χ0) is 20.0. The van der Waals surface area contributed by atoms with Crippen LogP contribution < -0.4 is 0 Å². The molecule has 0 amide bonds. The normalized spacial score (nSPS) is 23.9. The van der Waals surface area contributed by atoms with E-state index in [1.165, 1.54) is 46.2 Å². The summed E-state index contributed by atoms with van der Waals surface area (Å²) < 4.78 is 0. The highest BCUT2D eigenvalue weighted by Crippen LogP contribution is 2.67. The lowest BCUT2D eigenvalue weighted by Gasteiger charge is -2.52. The molecule has 2 aromatic rings. The first kappa shape index (κ1) is 17.3. The lowest BCUT2D eigenvalue weighted by Crippen LogP contribution is -2.40. The van der Waals surface area contributed by atoms with Crippen molar-refractivity contribution in [1.82, 2.24) is 0 Å². The largest absolute Gasteiger partial charge is 0.0706 e. The predicted octanol–water partition coefficient (Wildman–Crippen LogP) is 7.79. The molecule has 2 aromatic carbocycles. The molecule has 0 unspecified atom stereocenters. The zero-order valence-corrected chi connectivity index (χ0v) is 17.8. The van der Waals surface area contributed by atoms with Crippen LogP contribution in [0.4, 0.5) is 0 Å². The van der Waals surface area contributed by atoms with E-state index in [4.69, 9.17) is 0 Å². The molecule has 6 rings (SSSR count). The highest BCUT2D eigenvalue weighted by atomic mass is 14.6. The SMILES string of the molecule is CC1(C)C=C2C(=Cc3ccccc32)C2(C1)CC(C)(C)C=C1C2=Cc2ccccc21. The van der Waals surface area contributed by atoms with Gasteiger partial charge in [0.15, 0.2) is 0 Å². The highest BCUT2D eigenvalue weighted by molar-refractivity contribution is 6.03. The molecule has 0 nitrogen and oxygen atoms in total. The third-order valence-corrected chi connectivity index (χ3v) is 7.30. The molecule has 144 valence electrons. The molecule has 4 aliphatic rings. The molecular weight excluding hydrogens is 348 g/mol. The average Bonchev–Trinajstić information content (AvgIpc) is 3.20. The summed E-state index contributed by atoms with van der Waals surface area (Å²) in [6.45, 7) is 9.69. The van der Waals surface area contributed by atoms with Gasteiger partial charge < -0.3 is 0 Å². The van der Waals surface area contributed by atoms with Gasteiger partial charge in [0, 0.05) is 5.41 Å². The molecule has 0 saturated heterocycles. The smallest absolute Gasteiger partial charge is 0.0231 e. The van der Waals surface area contributed by atoms with E-state index in [9.17, 15) is 0 Å². The quantitative estimate of drug-likeness (QED) is 0.440. The number of allylic oxidation sites excluding steroid dienone is 6. The summed E-state index contributed by atoms with van der Waals surface area (Å²) in [4.78, 5) is 0. The van der Waals surface area contributed by atoms with E-state index in [2.05, 4.69) is 101 Å². The maximum atomic E-state index is 2.55. The standard InChI is InChI=1S/C29H28/c1-27(2)15-23-21-11-7-5-9-19(21)13-25(23)29(17-27)18-28(3,4)16-24-22-12-8-6-10-20(22)14-26(24)29/h5-16H,17-18H2,1-4H3. The Bertz CT molecular complexity index is 1090. The number of hydrogen-bond acceptors (Lipinski definition) is 0. The average molecular weight is 377 g/mol. The van der Waals surface area contributed by atoms with Gasteiger partial charge in [0.05, 0.1) is 0 Å². The maximum absolute atomic E-state index is 2.55. The first-order valence-electron chi connectivity index (χ1n) is 10.9. The molecule has 4 aliphatic carbocycles. The van der Waals surface area contributed by atoms with Gasteiger partial charge in [0.1, 0.15) is 0 Å². The van der Waals surface area contributed by atoms with Gasteiger partial charge in [-0.25, -0.2) is 0 Å². The van der Waals surface area contributed by atoms with Gasteiger partial charge in [-0.05, 0) is 80.4 Å². The number of fused-ring (bicyclic) bond motifs is 8. The summed E-state index contributed by atoms with van der Waals surface area (Å²) in [6.07, 6.45) is 12.4. The van der Waals surface area contributed by atoms with Gasteiger partial charge in [-0.1, -0.05) is 88.4 Å². The van der Waals surface area contributed by atoms with Crippen molar-refractivity contribution in [1.29, 1.82) is 0 Å². The van der Waals surface area contributed by atoms with Crippen molar-refractivity contribution in [3.8, 4) is 0 Å². The molecule has 0 bridgehead atoms. The van der Waals surface area contributed by atoms with Crippen molar-refractivity contribution in [2.75, 3.05) is 0 Å². The molecule has 0 aromatic heterocycles. The second-order valence-electron chi connectivity index (χ2n) is 10.8. The summed E-state index contributed by atoms with van der Waals surface area (Å²) in [7, 11) is 0. The van der Waals surface area contributed by atoms with Crippen LogP contribution in [0.5, 0.6) is 0 Å². The minimum atomic E-state index is 0.0687. The van der Waals surface area contributed by atoms with Gasteiger partial charge in [0.25, 0.3) is 0 Å². The monoisotopic (exact) mass is 376 g/mol. The predicted molar refractivity (Wildman–Crippen MR) is 124 cm³/mol. The van der Waals surface area contributed by atoms with Crippen LogP contribution in [0, 0.1) is 16.2 Å². The van der Waals surface area contributed by atoms with E-state index in [1.807, 2.05) is 0 Å². The Morgan fingerprint density at radius 2 is 1.00 bits per heavy atom. The van der Waals surface area contributed by atoms with E-state index >= 15 is 0 Å². The van der Waals surface area contributed by atoms with Crippen molar-refractivity contribution in [2.45, 2.75) is 40.5 Å². The Labute approximate surface area is 174 Å². The van der Waals surface area contributed by atoms with Gasteiger partial charge >= 0.3 is 0 Å². The van der Waals surface area contributed by atoms with Crippen LogP contribution in [0.3, 0.4) is 0 Å². The van der Waals surface area contributed by atoms with Gasteiger partial charge in [-0.3, -0.25) is 0 Å². The lowest BCUT2D eigenvalue weighted by molar-refractivity contribution is 0.203. The summed E-state index contributed by atoms with van der Waals surface area (Å²) >= 11 is 0. The van der Waals surface area contributed by atoms with Crippen LogP contribution in [0.15, 0.2) is 71.8 Å². The topological polar surface area (TPSA) is 0 Å². The molecule has 0 aliphatic heterocycles. The van der Waals surface area contributed by atoms with Crippen LogP contribution in [-0.2, 0) is 0 Å². The molecule has 0 fully saturated rings. The van der Waals surface area contributed by atoms with Gasteiger partial charge in [-0.15, -0.1) is 0 Å². The molecule has 1 spiro atoms. The van der Waals surface area contributed by atoms with Crippen LogP contribution in [-0.4, -0.2) is 0 Å². The highest BCUT2D eigenvalue weighted by Gasteiger charge is 2.53. The maximum Gasteiger partial charge on any atom is 0.0231 e. The minimum absolute atomic E-state index is 0.0687. The van der Waals surface area contributed by atoms with Crippen LogP contribution in [0.2, 0.25) is 0 Å². The first-order chi connectivity index (χ1) is 13.8. The van der Waals surface area contributed by atoms with Crippen LogP contribution in [0.1, 0.15) is 62.8 Å². The molecular formula is C29H28. The van der Waals surface area contributed by atoms with E-state index in [0.717, 1.165) is 0 Å². The van der Waals surface area contributed by atoms with Crippen LogP contribution >= 0.6 is 0 Å². The fraction of sp³-hybridized carbons (Fsp3) is 0.310. The Kier molecular flexibility index (Phi) is 3.16. The molecule has 0 N–H and O–H groups in total. The third kappa shape index (κ3) is 2.32. The molecule has 29 heavy (non-hydrogen) atoms. The fourth-order valence-electron chi connectivity index (χ4n) is 6.62. The lowest BCUT2D eigenvalue weighted by atomic mass is 9.51. The second kappa shape index (κ2) is 5.30. The molecule has 0 radical (unpaired) electrons. The van der Waals surface area contributed by atoms with Crippen molar-refractivity contribution < 1.29 is 0 Å². The Hall–Kier alpha value is -2.60. The molecule has 0 saturated carbocycles. The van der Waals surface area contributed by atoms with E-state index in [1.54, 1.807) is 11.1 Å². The van der Waals surface area contributed by atoms with Gasteiger partial charge in [-0.2, -0.15) is 0 Å². The molecule has 0 heteroatoms. The zero-order valence-electron chi connectivity index (χ0n) is 17.8. The van der Waals surface area contributed by atoms with E-state index in [0.29, 0.717) is 0 Å². The molecule has 0 atom stereocenters. The van der Waals surface area contributed by atoms with Crippen molar-refractivity contribution in [3.63, 3.8) is 0 Å². The third-order valence-electron chi connectivity index (χ3n) is 7.30. The minimum Gasteiger partial charge on any atom is -0.0706 e. The number of benzene rings is 2. The van der Waals surface area contributed by atoms with Crippen molar-refractivity contribution in [2.24, 2.45) is 16.2 Å². The van der Waals surface area contributed by atoms with Crippen molar-refractivity contribution >= 4 is 23.3 Å². The first-order valence-corrected chi connectivity index (χ1v) is 10.9. The summed E-state index contributed by atoms with van der Waals surface area (Å²) in [5.74, 6) is 0. The number of hydrogen-bond donors (Lipinski definition) is 0. The Morgan fingerprint density at radius 3 is 1.45 bits per heavy atom.